The Morgan fingerprint density at radius 1 is 1.13 bits per heavy atom. The maximum Gasteiger partial charge on any atom is 0.254 e. The van der Waals surface area contributed by atoms with E-state index < -0.39 is 0 Å². The maximum atomic E-state index is 12.0. The molecule has 1 N–H and O–H groups in total. The van der Waals surface area contributed by atoms with Gasteiger partial charge in [-0.15, -0.1) is 0 Å². The molecule has 0 aromatic heterocycles. The first kappa shape index (κ1) is 17.6. The number of carbonyl (C=O) groups excluding carboxylic acids is 1. The van der Waals surface area contributed by atoms with Crippen LogP contribution in [0, 0.1) is 27.7 Å². The molecule has 1 aliphatic heterocycles. The number of hydrogen-bond acceptors (Lipinski definition) is 4. The molecule has 5 heteroatoms. The van der Waals surface area contributed by atoms with Gasteiger partial charge in [-0.2, -0.15) is 5.10 Å². The van der Waals surface area contributed by atoms with Crippen molar-refractivity contribution in [2.24, 2.45) is 5.10 Å². The molecule has 5 nitrogen and oxygen atoms in total. The van der Waals surface area contributed by atoms with Crippen LogP contribution in [0.1, 0.15) is 27.8 Å². The minimum absolute atomic E-state index is 0.0505. The summed E-state index contributed by atoms with van der Waals surface area (Å²) in [5.41, 5.74) is 8.68. The highest BCUT2D eigenvalue weighted by Gasteiger charge is 2.16. The lowest BCUT2D eigenvalue weighted by molar-refractivity contribution is -0.122. The standard InChI is InChI=1S/C18H28N4O/c1-13-10-14(2)16(4)17(15(13)3)11-19-20-18(23)12-22-8-6-21(5)7-9-22/h10-11H,6-9,12H2,1-5H3,(H,20,23). The highest BCUT2D eigenvalue weighted by atomic mass is 16.2. The number of rotatable bonds is 4. The summed E-state index contributed by atoms with van der Waals surface area (Å²) in [5, 5.41) is 4.16. The van der Waals surface area contributed by atoms with Crippen molar-refractivity contribution in [3.63, 3.8) is 0 Å². The molecular weight excluding hydrogens is 288 g/mol. The molecule has 1 aromatic carbocycles. The number of likely N-dealkylation sites (N-methyl/N-ethyl adjacent to an activating group) is 1. The number of benzene rings is 1. The molecule has 0 saturated carbocycles. The maximum absolute atomic E-state index is 12.0. The Balaban J connectivity index is 1.93. The molecule has 0 unspecified atom stereocenters. The molecule has 23 heavy (non-hydrogen) atoms. The molecule has 1 aromatic rings. The Hall–Kier alpha value is -1.72. The summed E-state index contributed by atoms with van der Waals surface area (Å²) in [6, 6.07) is 2.19. The van der Waals surface area contributed by atoms with Crippen molar-refractivity contribution in [2.45, 2.75) is 27.7 Å². The summed E-state index contributed by atoms with van der Waals surface area (Å²) in [6.45, 7) is 12.7. The lowest BCUT2D eigenvalue weighted by Gasteiger charge is -2.31. The molecule has 1 heterocycles. The highest BCUT2D eigenvalue weighted by molar-refractivity contribution is 5.86. The Morgan fingerprint density at radius 3 is 2.26 bits per heavy atom. The zero-order chi connectivity index (χ0) is 17.0. The van der Waals surface area contributed by atoms with E-state index in [1.165, 1.54) is 22.3 Å². The van der Waals surface area contributed by atoms with E-state index in [0.717, 1.165) is 31.7 Å². The fourth-order valence-electron chi connectivity index (χ4n) is 2.85. The number of nitrogens with zero attached hydrogens (tertiary/aromatic N) is 3. The number of carbonyl (C=O) groups is 1. The second kappa shape index (κ2) is 7.70. The van der Waals surface area contributed by atoms with Gasteiger partial charge in [0.2, 0.25) is 0 Å². The monoisotopic (exact) mass is 316 g/mol. The average molecular weight is 316 g/mol. The minimum atomic E-state index is -0.0505. The summed E-state index contributed by atoms with van der Waals surface area (Å²) in [5.74, 6) is -0.0505. The van der Waals surface area contributed by atoms with Crippen LogP contribution < -0.4 is 5.43 Å². The number of nitrogens with one attached hydrogen (secondary N) is 1. The largest absolute Gasteiger partial charge is 0.304 e. The van der Waals surface area contributed by atoms with Gasteiger partial charge in [0, 0.05) is 31.7 Å². The summed E-state index contributed by atoms with van der Waals surface area (Å²) in [7, 11) is 2.11. The predicted octanol–water partition coefficient (Wildman–Crippen LogP) is 1.62. The van der Waals surface area contributed by atoms with Crippen LogP contribution in [-0.4, -0.2) is 61.7 Å². The van der Waals surface area contributed by atoms with E-state index in [1.807, 2.05) is 0 Å². The highest BCUT2D eigenvalue weighted by Crippen LogP contribution is 2.19. The van der Waals surface area contributed by atoms with Crippen molar-refractivity contribution in [2.75, 3.05) is 39.8 Å². The number of hydrogen-bond donors (Lipinski definition) is 1. The molecule has 0 spiro atoms. The molecule has 0 aliphatic carbocycles. The SMILES string of the molecule is Cc1cc(C)c(C)c(C=NNC(=O)CN2CCN(C)CC2)c1C. The van der Waals surface area contributed by atoms with Gasteiger partial charge in [0.25, 0.3) is 5.91 Å². The number of hydrazone groups is 1. The predicted molar refractivity (Wildman–Crippen MR) is 95.1 cm³/mol. The second-order valence-corrected chi connectivity index (χ2v) is 6.55. The van der Waals surface area contributed by atoms with Crippen molar-refractivity contribution < 1.29 is 4.79 Å². The Morgan fingerprint density at radius 2 is 1.70 bits per heavy atom. The van der Waals surface area contributed by atoms with Crippen LogP contribution in [-0.2, 0) is 4.79 Å². The van der Waals surface area contributed by atoms with Crippen LogP contribution in [0.4, 0.5) is 0 Å². The van der Waals surface area contributed by atoms with E-state index in [9.17, 15) is 4.79 Å². The van der Waals surface area contributed by atoms with E-state index in [4.69, 9.17) is 0 Å². The van der Waals surface area contributed by atoms with Crippen molar-refractivity contribution in [3.8, 4) is 0 Å². The lowest BCUT2D eigenvalue weighted by atomic mass is 9.95. The minimum Gasteiger partial charge on any atom is -0.304 e. The van der Waals surface area contributed by atoms with Crippen LogP contribution in [0.25, 0.3) is 0 Å². The summed E-state index contributed by atoms with van der Waals surface area (Å²) >= 11 is 0. The van der Waals surface area contributed by atoms with Crippen LogP contribution in [0.15, 0.2) is 11.2 Å². The van der Waals surface area contributed by atoms with E-state index in [-0.39, 0.29) is 5.91 Å². The zero-order valence-corrected chi connectivity index (χ0v) is 14.9. The summed E-state index contributed by atoms with van der Waals surface area (Å²) in [4.78, 5) is 16.4. The van der Waals surface area contributed by atoms with Crippen molar-refractivity contribution in [3.05, 3.63) is 33.9 Å². The van der Waals surface area contributed by atoms with Crippen LogP contribution in [0.2, 0.25) is 0 Å². The first-order chi connectivity index (χ1) is 10.9. The lowest BCUT2D eigenvalue weighted by Crippen LogP contribution is -2.47. The zero-order valence-electron chi connectivity index (χ0n) is 14.9. The fourth-order valence-corrected chi connectivity index (χ4v) is 2.85. The van der Waals surface area contributed by atoms with Crippen molar-refractivity contribution in [1.29, 1.82) is 0 Å². The third-order valence-electron chi connectivity index (χ3n) is 4.77. The first-order valence-corrected chi connectivity index (χ1v) is 8.18. The Bertz CT molecular complexity index is 575. The van der Waals surface area contributed by atoms with Crippen LogP contribution in [0.3, 0.4) is 0 Å². The van der Waals surface area contributed by atoms with Gasteiger partial charge in [0.15, 0.2) is 0 Å². The van der Waals surface area contributed by atoms with Gasteiger partial charge in [0.05, 0.1) is 12.8 Å². The summed E-state index contributed by atoms with van der Waals surface area (Å²) in [6.07, 6.45) is 1.77. The Kier molecular flexibility index (Phi) is 5.91. The molecule has 126 valence electrons. The van der Waals surface area contributed by atoms with Crippen LogP contribution >= 0.6 is 0 Å². The topological polar surface area (TPSA) is 47.9 Å². The molecule has 1 fully saturated rings. The summed E-state index contributed by atoms with van der Waals surface area (Å²) < 4.78 is 0. The number of amides is 1. The van der Waals surface area contributed by atoms with Gasteiger partial charge in [-0.05, 0) is 57.0 Å². The van der Waals surface area contributed by atoms with Gasteiger partial charge < -0.3 is 4.90 Å². The van der Waals surface area contributed by atoms with Gasteiger partial charge in [-0.25, -0.2) is 5.43 Å². The molecule has 2 rings (SSSR count). The van der Waals surface area contributed by atoms with Gasteiger partial charge in [-0.1, -0.05) is 6.07 Å². The van der Waals surface area contributed by atoms with Gasteiger partial charge in [-0.3, -0.25) is 9.69 Å². The van der Waals surface area contributed by atoms with Gasteiger partial charge in [0.1, 0.15) is 0 Å². The third kappa shape index (κ3) is 4.62. The number of aryl methyl sites for hydroxylation is 2. The molecule has 0 atom stereocenters. The van der Waals surface area contributed by atoms with E-state index in [2.05, 4.69) is 61.1 Å². The molecule has 1 amide bonds. The van der Waals surface area contributed by atoms with E-state index in [1.54, 1.807) is 6.21 Å². The average Bonchev–Trinajstić information content (AvgIpc) is 2.51. The van der Waals surface area contributed by atoms with Gasteiger partial charge >= 0.3 is 0 Å². The smallest absolute Gasteiger partial charge is 0.254 e. The molecule has 1 aliphatic rings. The third-order valence-corrected chi connectivity index (χ3v) is 4.77. The molecular formula is C18H28N4O. The second-order valence-electron chi connectivity index (χ2n) is 6.55. The van der Waals surface area contributed by atoms with Crippen LogP contribution in [0.5, 0.6) is 0 Å². The van der Waals surface area contributed by atoms with E-state index >= 15 is 0 Å². The van der Waals surface area contributed by atoms with Crippen molar-refractivity contribution in [1.82, 2.24) is 15.2 Å². The quantitative estimate of drug-likeness (QED) is 0.678. The molecule has 0 bridgehead atoms. The molecule has 1 saturated heterocycles. The normalized spacial score (nSPS) is 16.9. The Labute approximate surface area is 139 Å². The van der Waals surface area contributed by atoms with E-state index in [0.29, 0.717) is 6.54 Å². The first-order valence-electron chi connectivity index (χ1n) is 8.18. The fraction of sp³-hybridized carbons (Fsp3) is 0.556. The molecule has 0 radical (unpaired) electrons. The number of piperazine rings is 1. The van der Waals surface area contributed by atoms with Crippen molar-refractivity contribution >= 4 is 12.1 Å².